The SMILES string of the molecule is COC(=O)CC1CN(CC(=O)Nc2cccc([N+](=O)[O-])c2)CCN1. The summed E-state index contributed by atoms with van der Waals surface area (Å²) in [7, 11) is 1.34. The van der Waals surface area contributed by atoms with Gasteiger partial charge in [0.1, 0.15) is 0 Å². The summed E-state index contributed by atoms with van der Waals surface area (Å²) in [5.74, 6) is -0.551. The molecule has 130 valence electrons. The zero-order valence-electron chi connectivity index (χ0n) is 13.4. The molecule has 0 bridgehead atoms. The van der Waals surface area contributed by atoms with Crippen LogP contribution in [0.2, 0.25) is 0 Å². The van der Waals surface area contributed by atoms with Gasteiger partial charge in [-0.25, -0.2) is 0 Å². The largest absolute Gasteiger partial charge is 0.469 e. The molecule has 1 aliphatic heterocycles. The van der Waals surface area contributed by atoms with E-state index in [4.69, 9.17) is 0 Å². The Bertz CT molecular complexity index is 622. The Kier molecular flexibility index (Phi) is 6.21. The van der Waals surface area contributed by atoms with Crippen molar-refractivity contribution in [3.05, 3.63) is 34.4 Å². The topological polar surface area (TPSA) is 114 Å². The van der Waals surface area contributed by atoms with Crippen molar-refractivity contribution in [2.45, 2.75) is 12.5 Å². The quantitative estimate of drug-likeness (QED) is 0.438. The molecule has 0 aliphatic carbocycles. The van der Waals surface area contributed by atoms with Gasteiger partial charge in [0.15, 0.2) is 0 Å². The van der Waals surface area contributed by atoms with Crippen LogP contribution in [0, 0.1) is 10.1 Å². The smallest absolute Gasteiger partial charge is 0.307 e. The number of nitro benzene ring substituents is 1. The van der Waals surface area contributed by atoms with E-state index in [0.717, 1.165) is 0 Å². The van der Waals surface area contributed by atoms with Gasteiger partial charge in [0, 0.05) is 43.5 Å². The molecule has 9 heteroatoms. The molecule has 9 nitrogen and oxygen atoms in total. The van der Waals surface area contributed by atoms with E-state index in [1.807, 2.05) is 4.90 Å². The molecule has 24 heavy (non-hydrogen) atoms. The molecule has 1 aromatic rings. The minimum atomic E-state index is -0.511. The fourth-order valence-corrected chi connectivity index (χ4v) is 2.56. The number of carbonyl (C=O) groups excluding carboxylic acids is 2. The lowest BCUT2D eigenvalue weighted by Gasteiger charge is -2.32. The van der Waals surface area contributed by atoms with E-state index >= 15 is 0 Å². The Labute approximate surface area is 139 Å². The number of hydrogen-bond acceptors (Lipinski definition) is 7. The fourth-order valence-electron chi connectivity index (χ4n) is 2.56. The number of rotatable bonds is 6. The van der Waals surface area contributed by atoms with E-state index in [1.165, 1.54) is 25.3 Å². The van der Waals surface area contributed by atoms with Gasteiger partial charge in [-0.2, -0.15) is 0 Å². The van der Waals surface area contributed by atoms with Crippen LogP contribution in [0.5, 0.6) is 0 Å². The van der Waals surface area contributed by atoms with E-state index in [2.05, 4.69) is 15.4 Å². The molecule has 1 unspecified atom stereocenters. The Morgan fingerprint density at radius 3 is 3.00 bits per heavy atom. The van der Waals surface area contributed by atoms with Gasteiger partial charge in [-0.15, -0.1) is 0 Å². The van der Waals surface area contributed by atoms with Crippen molar-refractivity contribution < 1.29 is 19.2 Å². The molecule has 1 atom stereocenters. The summed E-state index contributed by atoms with van der Waals surface area (Å²) in [5.41, 5.74) is 0.309. The Balaban J connectivity index is 1.86. The predicted octanol–water partition coefficient (Wildman–Crippen LogP) is 0.370. The van der Waals surface area contributed by atoms with Gasteiger partial charge in [-0.3, -0.25) is 24.6 Å². The number of piperazine rings is 1. The Hall–Kier alpha value is -2.52. The highest BCUT2D eigenvalue weighted by Crippen LogP contribution is 2.17. The summed E-state index contributed by atoms with van der Waals surface area (Å²) < 4.78 is 4.65. The number of esters is 1. The number of amides is 1. The van der Waals surface area contributed by atoms with Gasteiger partial charge < -0.3 is 15.4 Å². The molecule has 1 fully saturated rings. The first-order valence-corrected chi connectivity index (χ1v) is 7.55. The number of nitro groups is 1. The fraction of sp³-hybridized carbons (Fsp3) is 0.467. The molecule has 1 amide bonds. The van der Waals surface area contributed by atoms with Gasteiger partial charge in [0.25, 0.3) is 5.69 Å². The lowest BCUT2D eigenvalue weighted by molar-refractivity contribution is -0.384. The summed E-state index contributed by atoms with van der Waals surface area (Å²) in [6.07, 6.45) is 0.250. The van der Waals surface area contributed by atoms with Crippen molar-refractivity contribution in [1.29, 1.82) is 0 Å². The minimum Gasteiger partial charge on any atom is -0.469 e. The molecule has 0 saturated carbocycles. The van der Waals surface area contributed by atoms with Crippen molar-refractivity contribution >= 4 is 23.3 Å². The van der Waals surface area contributed by atoms with E-state index in [9.17, 15) is 19.7 Å². The highest BCUT2D eigenvalue weighted by atomic mass is 16.6. The van der Waals surface area contributed by atoms with Crippen molar-refractivity contribution in [3.63, 3.8) is 0 Å². The summed E-state index contributed by atoms with van der Waals surface area (Å²) in [5, 5.41) is 16.6. The zero-order chi connectivity index (χ0) is 17.5. The monoisotopic (exact) mass is 336 g/mol. The zero-order valence-corrected chi connectivity index (χ0v) is 13.4. The van der Waals surface area contributed by atoms with E-state index in [0.29, 0.717) is 25.3 Å². The number of methoxy groups -OCH3 is 1. The first-order valence-electron chi connectivity index (χ1n) is 7.55. The molecule has 2 rings (SSSR count). The number of carbonyl (C=O) groups is 2. The molecule has 0 aromatic heterocycles. The van der Waals surface area contributed by atoms with E-state index in [1.54, 1.807) is 6.07 Å². The molecule has 2 N–H and O–H groups in total. The molecule has 1 aromatic carbocycles. The number of ether oxygens (including phenoxy) is 1. The predicted molar refractivity (Wildman–Crippen MR) is 86.6 cm³/mol. The first kappa shape index (κ1) is 17.8. The Morgan fingerprint density at radius 1 is 1.50 bits per heavy atom. The van der Waals surface area contributed by atoms with E-state index < -0.39 is 4.92 Å². The highest BCUT2D eigenvalue weighted by Gasteiger charge is 2.23. The second kappa shape index (κ2) is 8.37. The third-order valence-corrected chi connectivity index (χ3v) is 3.69. The third-order valence-electron chi connectivity index (χ3n) is 3.69. The lowest BCUT2D eigenvalue weighted by atomic mass is 10.1. The maximum absolute atomic E-state index is 12.1. The van der Waals surface area contributed by atoms with E-state index in [-0.39, 0.29) is 36.6 Å². The maximum atomic E-state index is 12.1. The van der Waals surface area contributed by atoms with Crippen LogP contribution in [0.1, 0.15) is 6.42 Å². The van der Waals surface area contributed by atoms with Crippen LogP contribution in [-0.4, -0.2) is 61.0 Å². The summed E-state index contributed by atoms with van der Waals surface area (Å²) in [6, 6.07) is 5.74. The summed E-state index contributed by atoms with van der Waals surface area (Å²) >= 11 is 0. The molecule has 0 radical (unpaired) electrons. The van der Waals surface area contributed by atoms with Crippen LogP contribution in [0.3, 0.4) is 0 Å². The van der Waals surface area contributed by atoms with Crippen LogP contribution >= 0.6 is 0 Å². The van der Waals surface area contributed by atoms with Gasteiger partial charge in [0.05, 0.1) is 25.0 Å². The number of nitrogens with one attached hydrogen (secondary N) is 2. The normalized spacial score (nSPS) is 18.0. The second-order valence-corrected chi connectivity index (χ2v) is 5.52. The maximum Gasteiger partial charge on any atom is 0.307 e. The van der Waals surface area contributed by atoms with Gasteiger partial charge >= 0.3 is 5.97 Å². The number of benzene rings is 1. The average molecular weight is 336 g/mol. The molecular weight excluding hydrogens is 316 g/mol. The van der Waals surface area contributed by atoms with Gasteiger partial charge in [-0.1, -0.05) is 6.07 Å². The molecule has 0 spiro atoms. The van der Waals surface area contributed by atoms with Crippen LogP contribution in [0.25, 0.3) is 0 Å². The lowest BCUT2D eigenvalue weighted by Crippen LogP contribution is -2.53. The van der Waals surface area contributed by atoms with Crippen LogP contribution < -0.4 is 10.6 Å². The third kappa shape index (κ3) is 5.28. The van der Waals surface area contributed by atoms with Crippen molar-refractivity contribution in [2.24, 2.45) is 0 Å². The Morgan fingerprint density at radius 2 is 2.29 bits per heavy atom. The number of hydrogen-bond donors (Lipinski definition) is 2. The second-order valence-electron chi connectivity index (χ2n) is 5.52. The van der Waals surface area contributed by atoms with Crippen LogP contribution in [0.4, 0.5) is 11.4 Å². The summed E-state index contributed by atoms with van der Waals surface area (Å²) in [6.45, 7) is 2.06. The molecule has 1 aliphatic rings. The summed E-state index contributed by atoms with van der Waals surface area (Å²) in [4.78, 5) is 35.6. The molecular formula is C15H20N4O5. The van der Waals surface area contributed by atoms with Crippen molar-refractivity contribution in [2.75, 3.05) is 38.6 Å². The molecule has 1 saturated heterocycles. The first-order chi connectivity index (χ1) is 11.5. The number of anilines is 1. The average Bonchev–Trinajstić information content (AvgIpc) is 2.55. The minimum absolute atomic E-state index is 0.0585. The number of nitrogens with zero attached hydrogens (tertiary/aromatic N) is 2. The highest BCUT2D eigenvalue weighted by molar-refractivity contribution is 5.92. The van der Waals surface area contributed by atoms with Crippen molar-refractivity contribution in [3.8, 4) is 0 Å². The van der Waals surface area contributed by atoms with Gasteiger partial charge in [0.2, 0.25) is 5.91 Å². The number of non-ortho nitro benzene ring substituents is 1. The standard InChI is InChI=1S/C15H20N4O5/c1-24-15(21)8-12-9-18(6-5-16-12)10-14(20)17-11-3-2-4-13(7-11)19(22)23/h2-4,7,12,16H,5-6,8-10H2,1H3,(H,17,20). The van der Waals surface area contributed by atoms with Crippen molar-refractivity contribution in [1.82, 2.24) is 10.2 Å². The van der Waals surface area contributed by atoms with Gasteiger partial charge in [-0.05, 0) is 6.07 Å². The van der Waals surface area contributed by atoms with Crippen LogP contribution in [0.15, 0.2) is 24.3 Å². The van der Waals surface area contributed by atoms with Crippen LogP contribution in [-0.2, 0) is 14.3 Å². The molecule has 1 heterocycles.